The second kappa shape index (κ2) is 4.13. The molecular formula is C11H14N4. The lowest BCUT2D eigenvalue weighted by Gasteiger charge is -2.11. The van der Waals surface area contributed by atoms with Gasteiger partial charge in [0.2, 0.25) is 5.95 Å². The van der Waals surface area contributed by atoms with Gasteiger partial charge in [-0.3, -0.25) is 5.10 Å². The maximum absolute atomic E-state index is 5.50. The summed E-state index contributed by atoms with van der Waals surface area (Å²) in [4.78, 5) is 4.17. The highest BCUT2D eigenvalue weighted by atomic mass is 15.3. The van der Waals surface area contributed by atoms with E-state index >= 15 is 0 Å². The maximum Gasteiger partial charge on any atom is 0.239 e. The van der Waals surface area contributed by atoms with Gasteiger partial charge in [0.15, 0.2) is 0 Å². The Morgan fingerprint density at radius 1 is 1.33 bits per heavy atom. The Labute approximate surface area is 88.5 Å². The predicted octanol–water partition coefficient (Wildman–Crippen LogP) is 1.93. The summed E-state index contributed by atoms with van der Waals surface area (Å²) in [5.74, 6) is 1.39. The van der Waals surface area contributed by atoms with Crippen LogP contribution in [0.3, 0.4) is 0 Å². The third-order valence-corrected chi connectivity index (χ3v) is 2.46. The Hall–Kier alpha value is -1.84. The third kappa shape index (κ3) is 1.98. The van der Waals surface area contributed by atoms with E-state index in [0.29, 0.717) is 5.95 Å². The molecule has 4 nitrogen and oxygen atoms in total. The van der Waals surface area contributed by atoms with Crippen molar-refractivity contribution in [2.45, 2.75) is 19.3 Å². The van der Waals surface area contributed by atoms with Crippen LogP contribution in [0.15, 0.2) is 30.3 Å². The van der Waals surface area contributed by atoms with Gasteiger partial charge in [-0.15, -0.1) is 5.10 Å². The molecule has 0 saturated carbocycles. The zero-order valence-corrected chi connectivity index (χ0v) is 8.64. The summed E-state index contributed by atoms with van der Waals surface area (Å²) in [5, 5.41) is 6.72. The Kier molecular flexibility index (Phi) is 2.67. The van der Waals surface area contributed by atoms with Crippen molar-refractivity contribution in [3.63, 3.8) is 0 Å². The van der Waals surface area contributed by atoms with Crippen LogP contribution in [0.4, 0.5) is 5.95 Å². The zero-order chi connectivity index (χ0) is 10.7. The van der Waals surface area contributed by atoms with Crippen molar-refractivity contribution >= 4 is 5.95 Å². The molecule has 0 spiro atoms. The molecule has 0 amide bonds. The van der Waals surface area contributed by atoms with E-state index in [1.807, 2.05) is 18.2 Å². The van der Waals surface area contributed by atoms with Gasteiger partial charge >= 0.3 is 0 Å². The Bertz CT molecular complexity index is 421. The number of rotatable bonds is 3. The molecule has 0 aliphatic heterocycles. The van der Waals surface area contributed by atoms with Gasteiger partial charge < -0.3 is 5.73 Å². The lowest BCUT2D eigenvalue weighted by atomic mass is 9.96. The number of nitrogens with one attached hydrogen (secondary N) is 1. The first kappa shape index (κ1) is 9.71. The van der Waals surface area contributed by atoms with Gasteiger partial charge in [-0.05, 0) is 12.0 Å². The second-order valence-corrected chi connectivity index (χ2v) is 3.45. The van der Waals surface area contributed by atoms with E-state index in [4.69, 9.17) is 5.73 Å². The number of nitrogen functional groups attached to an aromatic ring is 1. The molecule has 1 aromatic heterocycles. The molecule has 78 valence electrons. The standard InChI is InChI=1S/C11H14N4/c1-2-9(8-6-4-3-5-7-8)10-13-11(12)15-14-10/h3-7,9H,2H2,1H3,(H3,12,13,14,15). The number of hydrogen-bond acceptors (Lipinski definition) is 3. The number of hydrogen-bond donors (Lipinski definition) is 2. The number of nitrogens with zero attached hydrogens (tertiary/aromatic N) is 2. The van der Waals surface area contributed by atoms with Gasteiger partial charge in [-0.2, -0.15) is 4.98 Å². The first-order valence-electron chi connectivity index (χ1n) is 5.04. The topological polar surface area (TPSA) is 67.6 Å². The Morgan fingerprint density at radius 2 is 2.07 bits per heavy atom. The molecular weight excluding hydrogens is 188 g/mol. The van der Waals surface area contributed by atoms with Crippen LogP contribution in [0.5, 0.6) is 0 Å². The van der Waals surface area contributed by atoms with Crippen LogP contribution in [-0.2, 0) is 0 Å². The lowest BCUT2D eigenvalue weighted by Crippen LogP contribution is -2.02. The SMILES string of the molecule is CCC(c1ccccc1)c1nc(N)n[nH]1. The average molecular weight is 202 g/mol. The summed E-state index contributed by atoms with van der Waals surface area (Å²) < 4.78 is 0. The van der Waals surface area contributed by atoms with Crippen LogP contribution < -0.4 is 5.73 Å². The van der Waals surface area contributed by atoms with Gasteiger partial charge in [-0.25, -0.2) is 0 Å². The quantitative estimate of drug-likeness (QED) is 0.799. The molecule has 15 heavy (non-hydrogen) atoms. The van der Waals surface area contributed by atoms with Gasteiger partial charge in [-0.1, -0.05) is 37.3 Å². The number of aromatic nitrogens is 3. The summed E-state index contributed by atoms with van der Waals surface area (Å²) in [6.07, 6.45) is 0.971. The number of H-pyrrole nitrogens is 1. The van der Waals surface area contributed by atoms with Crippen LogP contribution in [0, 0.1) is 0 Å². The molecule has 2 rings (SSSR count). The summed E-state index contributed by atoms with van der Waals surface area (Å²) in [6, 6.07) is 10.2. The fourth-order valence-electron chi connectivity index (χ4n) is 1.72. The third-order valence-electron chi connectivity index (χ3n) is 2.46. The Morgan fingerprint density at radius 3 is 2.60 bits per heavy atom. The molecule has 1 aromatic carbocycles. The number of nitrogens with two attached hydrogens (primary N) is 1. The van der Waals surface area contributed by atoms with Gasteiger partial charge in [0.05, 0.1) is 0 Å². The second-order valence-electron chi connectivity index (χ2n) is 3.45. The number of benzene rings is 1. The van der Waals surface area contributed by atoms with Crippen molar-refractivity contribution in [3.05, 3.63) is 41.7 Å². The largest absolute Gasteiger partial charge is 0.367 e. The molecule has 4 heteroatoms. The monoisotopic (exact) mass is 202 g/mol. The van der Waals surface area contributed by atoms with E-state index in [-0.39, 0.29) is 5.92 Å². The van der Waals surface area contributed by atoms with Gasteiger partial charge in [0.25, 0.3) is 0 Å². The summed E-state index contributed by atoms with van der Waals surface area (Å²) >= 11 is 0. The molecule has 3 N–H and O–H groups in total. The van der Waals surface area contributed by atoms with Crippen molar-refractivity contribution in [2.75, 3.05) is 5.73 Å². The average Bonchev–Trinajstić information content (AvgIpc) is 2.68. The zero-order valence-electron chi connectivity index (χ0n) is 8.64. The van der Waals surface area contributed by atoms with E-state index in [1.54, 1.807) is 0 Å². The molecule has 0 aliphatic rings. The van der Waals surface area contributed by atoms with E-state index in [9.17, 15) is 0 Å². The molecule has 0 saturated heterocycles. The minimum atomic E-state index is 0.246. The summed E-state index contributed by atoms with van der Waals surface area (Å²) in [6.45, 7) is 2.12. The highest BCUT2D eigenvalue weighted by Crippen LogP contribution is 2.24. The molecule has 1 atom stereocenters. The van der Waals surface area contributed by atoms with Crippen molar-refractivity contribution in [1.29, 1.82) is 0 Å². The first-order chi connectivity index (χ1) is 7.31. The minimum absolute atomic E-state index is 0.246. The summed E-state index contributed by atoms with van der Waals surface area (Å²) in [5.41, 5.74) is 6.73. The van der Waals surface area contributed by atoms with Gasteiger partial charge in [0.1, 0.15) is 5.82 Å². The molecule has 0 fully saturated rings. The van der Waals surface area contributed by atoms with E-state index < -0.39 is 0 Å². The maximum atomic E-state index is 5.50. The molecule has 0 bridgehead atoms. The summed E-state index contributed by atoms with van der Waals surface area (Å²) in [7, 11) is 0. The van der Waals surface area contributed by atoms with Crippen molar-refractivity contribution in [3.8, 4) is 0 Å². The normalized spacial score (nSPS) is 12.6. The van der Waals surface area contributed by atoms with Crippen LogP contribution in [0.25, 0.3) is 0 Å². The van der Waals surface area contributed by atoms with Crippen molar-refractivity contribution < 1.29 is 0 Å². The van der Waals surface area contributed by atoms with Crippen molar-refractivity contribution in [2.24, 2.45) is 0 Å². The molecule has 0 aliphatic carbocycles. The van der Waals surface area contributed by atoms with Gasteiger partial charge in [0, 0.05) is 5.92 Å². The fourth-order valence-corrected chi connectivity index (χ4v) is 1.72. The minimum Gasteiger partial charge on any atom is -0.367 e. The fraction of sp³-hybridized carbons (Fsp3) is 0.273. The van der Waals surface area contributed by atoms with E-state index in [0.717, 1.165) is 12.2 Å². The van der Waals surface area contributed by atoms with Crippen molar-refractivity contribution in [1.82, 2.24) is 15.2 Å². The van der Waals surface area contributed by atoms with Crippen LogP contribution >= 0.6 is 0 Å². The highest BCUT2D eigenvalue weighted by Gasteiger charge is 2.15. The number of anilines is 1. The van der Waals surface area contributed by atoms with Crippen LogP contribution in [0.1, 0.15) is 30.7 Å². The predicted molar refractivity (Wildman–Crippen MR) is 59.4 cm³/mol. The molecule has 2 aromatic rings. The molecule has 1 heterocycles. The Balaban J connectivity index is 2.33. The van der Waals surface area contributed by atoms with Crippen LogP contribution in [-0.4, -0.2) is 15.2 Å². The molecule has 1 unspecified atom stereocenters. The first-order valence-corrected chi connectivity index (χ1v) is 5.04. The highest BCUT2D eigenvalue weighted by molar-refractivity contribution is 5.27. The number of aromatic amines is 1. The van der Waals surface area contributed by atoms with E-state index in [2.05, 4.69) is 34.2 Å². The smallest absolute Gasteiger partial charge is 0.239 e. The van der Waals surface area contributed by atoms with Crippen LogP contribution in [0.2, 0.25) is 0 Å². The molecule has 0 radical (unpaired) electrons. The van der Waals surface area contributed by atoms with E-state index in [1.165, 1.54) is 5.56 Å². The lowest BCUT2D eigenvalue weighted by molar-refractivity contribution is 0.721.